The zero-order chi connectivity index (χ0) is 13.2. The summed E-state index contributed by atoms with van der Waals surface area (Å²) in [6.07, 6.45) is 3.14. The van der Waals surface area contributed by atoms with Crippen molar-refractivity contribution in [1.29, 1.82) is 0 Å². The molecule has 2 aromatic rings. The van der Waals surface area contributed by atoms with Gasteiger partial charge >= 0.3 is 0 Å². The largest absolute Gasteiger partial charge is 0.374 e. The summed E-state index contributed by atoms with van der Waals surface area (Å²) in [5.41, 5.74) is 4.24. The lowest BCUT2D eigenvalue weighted by atomic mass is 10.1. The van der Waals surface area contributed by atoms with Gasteiger partial charge in [0.2, 0.25) is 0 Å². The molecule has 2 heterocycles. The molecule has 1 N–H and O–H groups in total. The van der Waals surface area contributed by atoms with Crippen LogP contribution in [0.25, 0.3) is 0 Å². The number of hydrogen-bond donors (Lipinski definition) is 1. The number of aryl methyl sites for hydroxylation is 1. The molecule has 0 aliphatic carbocycles. The van der Waals surface area contributed by atoms with E-state index in [1.807, 2.05) is 13.1 Å². The highest BCUT2D eigenvalue weighted by Gasteiger charge is 2.15. The zero-order valence-corrected chi connectivity index (χ0v) is 12.3. The van der Waals surface area contributed by atoms with Crippen molar-refractivity contribution in [1.82, 2.24) is 10.3 Å². The van der Waals surface area contributed by atoms with Crippen molar-refractivity contribution in [2.24, 2.45) is 0 Å². The van der Waals surface area contributed by atoms with E-state index in [0.717, 1.165) is 24.6 Å². The van der Waals surface area contributed by atoms with Crippen LogP contribution in [0.3, 0.4) is 0 Å². The molecule has 0 bridgehead atoms. The Balaban J connectivity index is 1.59. The number of fused-ring (bicyclic) bond motifs is 1. The lowest BCUT2D eigenvalue weighted by Gasteiger charge is -2.12. The monoisotopic (exact) mass is 273 g/mol. The highest BCUT2D eigenvalue weighted by Crippen LogP contribution is 2.27. The Labute approximate surface area is 118 Å². The lowest BCUT2D eigenvalue weighted by Crippen LogP contribution is -2.13. The maximum absolute atomic E-state index is 4.27. The molecule has 0 radical (unpaired) electrons. The van der Waals surface area contributed by atoms with Gasteiger partial charge in [-0.15, -0.1) is 11.3 Å². The van der Waals surface area contributed by atoms with Crippen LogP contribution < -0.4 is 10.2 Å². The third-order valence-electron chi connectivity index (χ3n) is 3.57. The highest BCUT2D eigenvalue weighted by atomic mass is 32.1. The van der Waals surface area contributed by atoms with Gasteiger partial charge in [-0.2, -0.15) is 0 Å². The minimum Gasteiger partial charge on any atom is -0.374 e. The molecule has 3 rings (SSSR count). The van der Waals surface area contributed by atoms with Crippen LogP contribution >= 0.6 is 11.3 Å². The summed E-state index contributed by atoms with van der Waals surface area (Å²) in [7, 11) is 2.16. The number of hydrogen-bond acceptors (Lipinski definition) is 4. The number of thiazole rings is 1. The van der Waals surface area contributed by atoms with Gasteiger partial charge in [-0.3, -0.25) is 0 Å². The molecular formula is C15H19N3S. The third kappa shape index (κ3) is 2.80. The van der Waals surface area contributed by atoms with Crippen LogP contribution in [0.4, 0.5) is 5.69 Å². The van der Waals surface area contributed by atoms with Crippen LogP contribution in [-0.4, -0.2) is 18.6 Å². The second-order valence-electron chi connectivity index (χ2n) is 5.08. The molecule has 19 heavy (non-hydrogen) atoms. The van der Waals surface area contributed by atoms with Gasteiger partial charge in [0.1, 0.15) is 0 Å². The van der Waals surface area contributed by atoms with Crippen molar-refractivity contribution in [2.75, 3.05) is 18.5 Å². The normalized spacial score (nSPS) is 13.9. The SMILES string of the molecule is Cc1ncc(CNCc2ccc3c(c2)CCN3C)s1. The average molecular weight is 273 g/mol. The number of anilines is 1. The van der Waals surface area contributed by atoms with Crippen molar-refractivity contribution in [3.63, 3.8) is 0 Å². The fraction of sp³-hybridized carbons (Fsp3) is 0.400. The standard InChI is InChI=1S/C15H19N3S/c1-11-17-10-14(19-11)9-16-8-12-3-4-15-13(7-12)5-6-18(15)2/h3-4,7,10,16H,5-6,8-9H2,1-2H3. The molecule has 0 unspecified atom stereocenters. The number of rotatable bonds is 4. The molecule has 4 heteroatoms. The number of nitrogens with one attached hydrogen (secondary N) is 1. The molecule has 100 valence electrons. The average Bonchev–Trinajstić information content (AvgIpc) is 2.97. The summed E-state index contributed by atoms with van der Waals surface area (Å²) in [4.78, 5) is 7.90. The van der Waals surface area contributed by atoms with Crippen molar-refractivity contribution < 1.29 is 0 Å². The predicted molar refractivity (Wildman–Crippen MR) is 80.8 cm³/mol. The maximum atomic E-state index is 4.27. The number of benzene rings is 1. The van der Waals surface area contributed by atoms with Gasteiger partial charge in [0.05, 0.1) is 5.01 Å². The Bertz CT molecular complexity index is 577. The first kappa shape index (κ1) is 12.6. The zero-order valence-electron chi connectivity index (χ0n) is 11.4. The van der Waals surface area contributed by atoms with E-state index >= 15 is 0 Å². The Kier molecular flexibility index (Phi) is 3.53. The number of likely N-dealkylation sites (N-methyl/N-ethyl adjacent to an activating group) is 1. The summed E-state index contributed by atoms with van der Waals surface area (Å²) >= 11 is 1.76. The van der Waals surface area contributed by atoms with E-state index in [4.69, 9.17) is 0 Å². The molecule has 1 aromatic heterocycles. The van der Waals surface area contributed by atoms with E-state index in [-0.39, 0.29) is 0 Å². The molecule has 0 saturated heterocycles. The fourth-order valence-electron chi connectivity index (χ4n) is 2.55. The quantitative estimate of drug-likeness (QED) is 0.928. The summed E-state index contributed by atoms with van der Waals surface area (Å²) in [5.74, 6) is 0. The van der Waals surface area contributed by atoms with Crippen LogP contribution in [0.15, 0.2) is 24.4 Å². The van der Waals surface area contributed by atoms with Gasteiger partial charge in [0.25, 0.3) is 0 Å². The van der Waals surface area contributed by atoms with Gasteiger partial charge in [-0.1, -0.05) is 12.1 Å². The fourth-order valence-corrected chi connectivity index (χ4v) is 3.31. The van der Waals surface area contributed by atoms with E-state index in [1.54, 1.807) is 11.3 Å². The summed E-state index contributed by atoms with van der Waals surface area (Å²) < 4.78 is 0. The Morgan fingerprint density at radius 1 is 1.37 bits per heavy atom. The first-order valence-corrected chi connectivity index (χ1v) is 7.49. The van der Waals surface area contributed by atoms with Crippen molar-refractivity contribution in [3.05, 3.63) is 45.4 Å². The second kappa shape index (κ2) is 5.31. The van der Waals surface area contributed by atoms with E-state index < -0.39 is 0 Å². The van der Waals surface area contributed by atoms with Crippen LogP contribution in [0.5, 0.6) is 0 Å². The van der Waals surface area contributed by atoms with Gasteiger partial charge < -0.3 is 10.2 Å². The molecule has 0 amide bonds. The topological polar surface area (TPSA) is 28.2 Å². The van der Waals surface area contributed by atoms with E-state index in [0.29, 0.717) is 0 Å². The minimum atomic E-state index is 0.905. The summed E-state index contributed by atoms with van der Waals surface area (Å²) in [6.45, 7) is 5.02. The molecule has 0 spiro atoms. The second-order valence-corrected chi connectivity index (χ2v) is 6.40. The number of nitrogens with zero attached hydrogens (tertiary/aromatic N) is 2. The molecule has 1 aromatic carbocycles. The van der Waals surface area contributed by atoms with Crippen molar-refractivity contribution >= 4 is 17.0 Å². The maximum Gasteiger partial charge on any atom is 0.0897 e. The minimum absolute atomic E-state index is 0.905. The molecule has 0 fully saturated rings. The van der Waals surface area contributed by atoms with Gasteiger partial charge in [0.15, 0.2) is 0 Å². The summed E-state index contributed by atoms with van der Waals surface area (Å²) in [5, 5.41) is 4.63. The van der Waals surface area contributed by atoms with Crippen LogP contribution in [0.2, 0.25) is 0 Å². The van der Waals surface area contributed by atoms with E-state index in [1.165, 1.54) is 28.1 Å². The smallest absolute Gasteiger partial charge is 0.0897 e. The molecule has 1 aliphatic heterocycles. The third-order valence-corrected chi connectivity index (χ3v) is 4.48. The molecule has 0 saturated carbocycles. The number of aromatic nitrogens is 1. The molecular weight excluding hydrogens is 254 g/mol. The van der Waals surface area contributed by atoms with Crippen LogP contribution in [0, 0.1) is 6.92 Å². The summed E-state index contributed by atoms with van der Waals surface area (Å²) in [6, 6.07) is 6.81. The van der Waals surface area contributed by atoms with Crippen molar-refractivity contribution in [3.8, 4) is 0 Å². The van der Waals surface area contributed by atoms with Gasteiger partial charge in [-0.05, 0) is 30.5 Å². The van der Waals surface area contributed by atoms with Crippen molar-refractivity contribution in [2.45, 2.75) is 26.4 Å². The van der Waals surface area contributed by atoms with E-state index in [2.05, 4.69) is 40.4 Å². The van der Waals surface area contributed by atoms with Gasteiger partial charge in [0, 0.05) is 43.4 Å². The Morgan fingerprint density at radius 3 is 3.05 bits per heavy atom. The van der Waals surface area contributed by atoms with Crippen LogP contribution in [-0.2, 0) is 19.5 Å². The van der Waals surface area contributed by atoms with E-state index in [9.17, 15) is 0 Å². The molecule has 0 atom stereocenters. The Morgan fingerprint density at radius 2 is 2.26 bits per heavy atom. The first-order valence-electron chi connectivity index (χ1n) is 6.67. The van der Waals surface area contributed by atoms with Crippen LogP contribution in [0.1, 0.15) is 21.0 Å². The first-order chi connectivity index (χ1) is 9.22. The molecule has 1 aliphatic rings. The predicted octanol–water partition coefficient (Wildman–Crippen LogP) is 2.73. The lowest BCUT2D eigenvalue weighted by molar-refractivity contribution is 0.699. The molecule has 3 nitrogen and oxygen atoms in total. The Hall–Kier alpha value is -1.39. The highest BCUT2D eigenvalue weighted by molar-refractivity contribution is 7.11. The van der Waals surface area contributed by atoms with Gasteiger partial charge in [-0.25, -0.2) is 4.98 Å².